The zero-order valence-corrected chi connectivity index (χ0v) is 10.1. The van der Waals surface area contributed by atoms with Crippen LogP contribution < -0.4 is 0 Å². The molecule has 0 radical (unpaired) electrons. The first-order valence-corrected chi connectivity index (χ1v) is 5.88. The average Bonchev–Trinajstić information content (AvgIpc) is 2.09. The summed E-state index contributed by atoms with van der Waals surface area (Å²) >= 11 is 0. The number of rotatable bonds is 1. The van der Waals surface area contributed by atoms with Crippen LogP contribution in [0.4, 0.5) is 0 Å². The number of hydrogen-bond donors (Lipinski definition) is 0. The molecule has 3 nitrogen and oxygen atoms in total. The maximum Gasteiger partial charge on any atom is 0.141 e. The van der Waals surface area contributed by atoms with Gasteiger partial charge in [-0.2, -0.15) is 0 Å². The number of hydrogen-bond acceptors (Lipinski definition) is 3. The van der Waals surface area contributed by atoms with Crippen molar-refractivity contribution in [3.8, 4) is 0 Å². The largest absolute Gasteiger partial charge is 0.368 e. The number of ketones is 1. The van der Waals surface area contributed by atoms with Crippen LogP contribution in [0.3, 0.4) is 0 Å². The lowest BCUT2D eigenvalue weighted by atomic mass is 9.80. The smallest absolute Gasteiger partial charge is 0.141 e. The molecule has 0 aromatic heterocycles. The van der Waals surface area contributed by atoms with E-state index in [0.29, 0.717) is 18.2 Å². The highest BCUT2D eigenvalue weighted by atomic mass is 16.5. The number of Topliss-reactive ketones (excluding diaryl/α,β-unsaturated/α-hetero) is 1. The lowest BCUT2D eigenvalue weighted by Crippen LogP contribution is -2.68. The molecule has 2 fully saturated rings. The number of ether oxygens (including phenoxy) is 1. The van der Waals surface area contributed by atoms with Gasteiger partial charge in [-0.15, -0.1) is 0 Å². The molecule has 0 N–H and O–H groups in total. The Labute approximate surface area is 91.8 Å². The molecule has 3 heteroatoms. The third-order valence-corrected chi connectivity index (χ3v) is 3.86. The third kappa shape index (κ3) is 1.83. The first-order valence-electron chi connectivity index (χ1n) is 5.88. The Kier molecular flexibility index (Phi) is 2.63. The van der Waals surface area contributed by atoms with E-state index in [1.54, 1.807) is 0 Å². The van der Waals surface area contributed by atoms with E-state index >= 15 is 0 Å². The predicted molar refractivity (Wildman–Crippen MR) is 58.8 cm³/mol. The van der Waals surface area contributed by atoms with E-state index in [9.17, 15) is 4.79 Å². The minimum absolute atomic E-state index is 0.0729. The zero-order chi connectivity index (χ0) is 11.2. The molecular weight excluding hydrogens is 190 g/mol. The fraction of sp³-hybridized carbons (Fsp3) is 0.917. The van der Waals surface area contributed by atoms with Crippen LogP contribution in [0.1, 0.15) is 34.1 Å². The molecule has 2 rings (SSSR count). The van der Waals surface area contributed by atoms with Crippen molar-refractivity contribution in [1.82, 2.24) is 4.90 Å². The van der Waals surface area contributed by atoms with Gasteiger partial charge in [0.15, 0.2) is 0 Å². The van der Waals surface area contributed by atoms with Crippen LogP contribution in [0.15, 0.2) is 0 Å². The highest BCUT2D eigenvalue weighted by Gasteiger charge is 2.51. The van der Waals surface area contributed by atoms with Crippen molar-refractivity contribution in [3.05, 3.63) is 0 Å². The molecule has 86 valence electrons. The Morgan fingerprint density at radius 2 is 2.00 bits per heavy atom. The van der Waals surface area contributed by atoms with Crippen molar-refractivity contribution in [2.75, 3.05) is 13.1 Å². The lowest BCUT2D eigenvalue weighted by Gasteiger charge is -2.55. The molecule has 2 aliphatic rings. The molecule has 15 heavy (non-hydrogen) atoms. The Morgan fingerprint density at radius 1 is 1.40 bits per heavy atom. The van der Waals surface area contributed by atoms with Crippen LogP contribution in [0, 0.1) is 5.92 Å². The number of carbonyl (C=O) groups is 1. The van der Waals surface area contributed by atoms with Gasteiger partial charge >= 0.3 is 0 Å². The van der Waals surface area contributed by atoms with Gasteiger partial charge in [0.1, 0.15) is 11.4 Å². The summed E-state index contributed by atoms with van der Waals surface area (Å²) in [4.78, 5) is 14.1. The van der Waals surface area contributed by atoms with Crippen molar-refractivity contribution in [2.45, 2.75) is 51.9 Å². The van der Waals surface area contributed by atoms with Gasteiger partial charge in [0, 0.05) is 31.5 Å². The molecule has 2 heterocycles. The lowest BCUT2D eigenvalue weighted by molar-refractivity contribution is -0.210. The van der Waals surface area contributed by atoms with Crippen molar-refractivity contribution in [2.24, 2.45) is 5.92 Å². The third-order valence-electron chi connectivity index (χ3n) is 3.86. The number of carbonyl (C=O) groups excluding carboxylic acids is 1. The first kappa shape index (κ1) is 11.1. The summed E-state index contributed by atoms with van der Waals surface area (Å²) in [5.41, 5.74) is -0.146. The molecular formula is C12H21NO2. The standard InChI is InChI=1S/C12H21NO2/c1-8(2)13-6-12(7-13)5-11(14)9(3)10(4)15-12/h8-10H,5-7H2,1-4H3. The van der Waals surface area contributed by atoms with E-state index in [2.05, 4.69) is 18.7 Å². The average molecular weight is 211 g/mol. The van der Waals surface area contributed by atoms with Gasteiger partial charge in [0.25, 0.3) is 0 Å². The normalized spacial score (nSPS) is 35.9. The van der Waals surface area contributed by atoms with Gasteiger partial charge in [-0.25, -0.2) is 0 Å². The quantitative estimate of drug-likeness (QED) is 0.657. The molecule has 1 spiro atoms. The summed E-state index contributed by atoms with van der Waals surface area (Å²) in [6.07, 6.45) is 0.697. The summed E-state index contributed by atoms with van der Waals surface area (Å²) < 4.78 is 6.01. The maximum atomic E-state index is 11.8. The second-order valence-corrected chi connectivity index (χ2v) is 5.44. The molecule has 0 aromatic carbocycles. The molecule has 2 saturated heterocycles. The van der Waals surface area contributed by atoms with Crippen molar-refractivity contribution in [1.29, 1.82) is 0 Å². The van der Waals surface area contributed by atoms with Crippen molar-refractivity contribution < 1.29 is 9.53 Å². The summed E-state index contributed by atoms with van der Waals surface area (Å²) in [6.45, 7) is 10.2. The minimum Gasteiger partial charge on any atom is -0.368 e. The SMILES string of the molecule is CC1OC2(CC(=O)C1C)CN(C(C)C)C2. The van der Waals surface area contributed by atoms with Crippen LogP contribution in [0.2, 0.25) is 0 Å². The van der Waals surface area contributed by atoms with E-state index in [0.717, 1.165) is 13.1 Å². The highest BCUT2D eigenvalue weighted by molar-refractivity contribution is 5.83. The summed E-state index contributed by atoms with van der Waals surface area (Å²) in [6, 6.07) is 0.559. The van der Waals surface area contributed by atoms with E-state index in [-0.39, 0.29) is 17.6 Å². The minimum atomic E-state index is -0.146. The molecule has 2 unspecified atom stereocenters. The fourth-order valence-electron chi connectivity index (χ4n) is 2.52. The van der Waals surface area contributed by atoms with E-state index < -0.39 is 0 Å². The van der Waals surface area contributed by atoms with Gasteiger partial charge in [-0.3, -0.25) is 9.69 Å². The van der Waals surface area contributed by atoms with Crippen LogP contribution >= 0.6 is 0 Å². The second-order valence-electron chi connectivity index (χ2n) is 5.44. The topological polar surface area (TPSA) is 29.5 Å². The van der Waals surface area contributed by atoms with Gasteiger partial charge < -0.3 is 4.74 Å². The predicted octanol–water partition coefficient (Wildman–Crippen LogP) is 1.46. The molecule has 2 atom stereocenters. The molecule has 2 aliphatic heterocycles. The Bertz CT molecular complexity index is 269. The van der Waals surface area contributed by atoms with Gasteiger partial charge in [-0.1, -0.05) is 6.92 Å². The van der Waals surface area contributed by atoms with Crippen LogP contribution in [-0.2, 0) is 9.53 Å². The van der Waals surface area contributed by atoms with E-state index in [4.69, 9.17) is 4.74 Å². The molecule has 0 bridgehead atoms. The molecule has 0 aliphatic carbocycles. The first-order chi connectivity index (χ1) is 6.93. The zero-order valence-electron chi connectivity index (χ0n) is 10.1. The van der Waals surface area contributed by atoms with Crippen LogP contribution in [0.5, 0.6) is 0 Å². The van der Waals surface area contributed by atoms with Gasteiger partial charge in [0.05, 0.1) is 6.10 Å². The Hall–Kier alpha value is -0.410. The molecule has 0 aromatic rings. The van der Waals surface area contributed by atoms with Crippen molar-refractivity contribution >= 4 is 5.78 Å². The second kappa shape index (κ2) is 3.56. The fourth-order valence-corrected chi connectivity index (χ4v) is 2.52. The molecule has 0 amide bonds. The summed E-state index contributed by atoms with van der Waals surface area (Å²) in [5, 5.41) is 0. The Morgan fingerprint density at radius 3 is 2.47 bits per heavy atom. The summed E-state index contributed by atoms with van der Waals surface area (Å²) in [5.74, 6) is 0.445. The van der Waals surface area contributed by atoms with E-state index in [1.165, 1.54) is 0 Å². The monoisotopic (exact) mass is 211 g/mol. The van der Waals surface area contributed by atoms with Gasteiger partial charge in [-0.05, 0) is 20.8 Å². The van der Waals surface area contributed by atoms with Gasteiger partial charge in [0.2, 0.25) is 0 Å². The number of nitrogens with zero attached hydrogens (tertiary/aromatic N) is 1. The van der Waals surface area contributed by atoms with Crippen molar-refractivity contribution in [3.63, 3.8) is 0 Å². The molecule has 0 saturated carbocycles. The van der Waals surface area contributed by atoms with Crippen LogP contribution in [-0.4, -0.2) is 41.5 Å². The highest BCUT2D eigenvalue weighted by Crippen LogP contribution is 2.37. The number of likely N-dealkylation sites (tertiary alicyclic amines) is 1. The van der Waals surface area contributed by atoms with Crippen LogP contribution in [0.25, 0.3) is 0 Å². The Balaban J connectivity index is 1.99. The van der Waals surface area contributed by atoms with E-state index in [1.807, 2.05) is 13.8 Å². The maximum absolute atomic E-state index is 11.8. The summed E-state index contributed by atoms with van der Waals surface area (Å²) in [7, 11) is 0.